The maximum atomic E-state index is 11.7. The molecule has 5 heteroatoms. The molecule has 2 unspecified atom stereocenters. The lowest BCUT2D eigenvalue weighted by molar-refractivity contribution is -0.147. The first-order chi connectivity index (χ1) is 9.33. The van der Waals surface area contributed by atoms with Crippen LogP contribution in [0.4, 0.5) is 0 Å². The molecule has 1 amide bonds. The van der Waals surface area contributed by atoms with E-state index in [1.165, 1.54) is 19.3 Å². The average molecular weight is 285 g/mol. The zero-order chi connectivity index (χ0) is 15.2. The highest BCUT2D eigenvalue weighted by atomic mass is 16.5. The summed E-state index contributed by atoms with van der Waals surface area (Å²) in [7, 11) is 0. The number of carboxylic acids is 1. The van der Waals surface area contributed by atoms with E-state index in [0.717, 1.165) is 6.42 Å². The van der Waals surface area contributed by atoms with Crippen LogP contribution >= 0.6 is 0 Å². The van der Waals surface area contributed by atoms with Crippen molar-refractivity contribution in [3.8, 4) is 0 Å². The maximum Gasteiger partial charge on any atom is 0.309 e. The third kappa shape index (κ3) is 5.49. The van der Waals surface area contributed by atoms with Gasteiger partial charge in [-0.15, -0.1) is 0 Å². The first-order valence-electron chi connectivity index (χ1n) is 7.44. The SMILES string of the molecule is CC1CCCCC1OCC(=O)NCCC(C)(C)C(=O)O. The maximum absolute atomic E-state index is 11.7. The van der Waals surface area contributed by atoms with E-state index in [0.29, 0.717) is 18.9 Å². The molecule has 2 N–H and O–H groups in total. The van der Waals surface area contributed by atoms with Crippen LogP contribution in [-0.2, 0) is 14.3 Å². The third-order valence-corrected chi connectivity index (χ3v) is 4.11. The van der Waals surface area contributed by atoms with E-state index in [1.54, 1.807) is 13.8 Å². The zero-order valence-electron chi connectivity index (χ0n) is 12.8. The molecule has 5 nitrogen and oxygen atoms in total. The molecule has 0 aliphatic heterocycles. The molecule has 0 radical (unpaired) electrons. The summed E-state index contributed by atoms with van der Waals surface area (Å²) in [6, 6.07) is 0. The highest BCUT2D eigenvalue weighted by Gasteiger charge is 2.27. The number of carbonyl (C=O) groups excluding carboxylic acids is 1. The third-order valence-electron chi connectivity index (χ3n) is 4.11. The molecule has 1 rings (SSSR count). The van der Waals surface area contributed by atoms with E-state index in [4.69, 9.17) is 9.84 Å². The summed E-state index contributed by atoms with van der Waals surface area (Å²) < 4.78 is 5.66. The Morgan fingerprint density at radius 1 is 1.30 bits per heavy atom. The molecular weight excluding hydrogens is 258 g/mol. The summed E-state index contributed by atoms with van der Waals surface area (Å²) in [6.45, 7) is 5.91. The van der Waals surface area contributed by atoms with E-state index >= 15 is 0 Å². The summed E-state index contributed by atoms with van der Waals surface area (Å²) in [5.74, 6) is -0.495. The molecule has 0 aromatic carbocycles. The number of carbonyl (C=O) groups is 2. The molecule has 0 aromatic heterocycles. The van der Waals surface area contributed by atoms with Gasteiger partial charge in [-0.25, -0.2) is 0 Å². The molecule has 2 atom stereocenters. The Morgan fingerprint density at radius 2 is 1.95 bits per heavy atom. The van der Waals surface area contributed by atoms with Crippen molar-refractivity contribution in [3.63, 3.8) is 0 Å². The van der Waals surface area contributed by atoms with E-state index in [1.807, 2.05) is 0 Å². The van der Waals surface area contributed by atoms with E-state index in [9.17, 15) is 9.59 Å². The van der Waals surface area contributed by atoms with E-state index in [-0.39, 0.29) is 18.6 Å². The second kappa shape index (κ2) is 7.62. The predicted molar refractivity (Wildman–Crippen MR) is 76.4 cm³/mol. The second-order valence-electron chi connectivity index (χ2n) is 6.40. The van der Waals surface area contributed by atoms with Crippen LogP contribution in [0.3, 0.4) is 0 Å². The number of hydrogen-bond donors (Lipinski definition) is 2. The lowest BCUT2D eigenvalue weighted by Gasteiger charge is -2.28. The summed E-state index contributed by atoms with van der Waals surface area (Å²) >= 11 is 0. The summed E-state index contributed by atoms with van der Waals surface area (Å²) in [5, 5.41) is 11.7. The summed E-state index contributed by atoms with van der Waals surface area (Å²) in [5.41, 5.74) is -0.813. The van der Waals surface area contributed by atoms with Crippen molar-refractivity contribution >= 4 is 11.9 Å². The van der Waals surface area contributed by atoms with Crippen molar-refractivity contribution in [2.24, 2.45) is 11.3 Å². The normalized spacial score (nSPS) is 23.4. The monoisotopic (exact) mass is 285 g/mol. The van der Waals surface area contributed by atoms with Crippen LogP contribution < -0.4 is 5.32 Å². The topological polar surface area (TPSA) is 75.6 Å². The van der Waals surface area contributed by atoms with Gasteiger partial charge in [0.15, 0.2) is 0 Å². The van der Waals surface area contributed by atoms with Crippen LogP contribution in [0.15, 0.2) is 0 Å². The van der Waals surface area contributed by atoms with Crippen molar-refractivity contribution in [2.45, 2.75) is 59.0 Å². The number of ether oxygens (including phenoxy) is 1. The largest absolute Gasteiger partial charge is 0.481 e. The van der Waals surface area contributed by atoms with Gasteiger partial charge in [-0.1, -0.05) is 19.8 Å². The molecule has 0 bridgehead atoms. The minimum atomic E-state index is -0.848. The van der Waals surface area contributed by atoms with Crippen LogP contribution in [0.1, 0.15) is 52.9 Å². The van der Waals surface area contributed by atoms with Crippen LogP contribution in [-0.4, -0.2) is 36.2 Å². The fraction of sp³-hybridized carbons (Fsp3) is 0.867. The molecule has 0 heterocycles. The minimum Gasteiger partial charge on any atom is -0.481 e. The quantitative estimate of drug-likeness (QED) is 0.752. The van der Waals surface area contributed by atoms with E-state index in [2.05, 4.69) is 12.2 Å². The molecule has 1 saturated carbocycles. The van der Waals surface area contributed by atoms with Crippen molar-refractivity contribution in [1.82, 2.24) is 5.32 Å². The van der Waals surface area contributed by atoms with Gasteiger partial charge >= 0.3 is 5.97 Å². The molecule has 20 heavy (non-hydrogen) atoms. The number of hydrogen-bond acceptors (Lipinski definition) is 3. The smallest absolute Gasteiger partial charge is 0.309 e. The Balaban J connectivity index is 2.19. The zero-order valence-corrected chi connectivity index (χ0v) is 12.8. The molecule has 0 aromatic rings. The Kier molecular flexibility index (Phi) is 6.46. The average Bonchev–Trinajstić information content (AvgIpc) is 2.37. The molecular formula is C15H27NO4. The Morgan fingerprint density at radius 3 is 2.55 bits per heavy atom. The second-order valence-corrected chi connectivity index (χ2v) is 6.40. The molecule has 1 aliphatic rings. The summed E-state index contributed by atoms with van der Waals surface area (Å²) in [4.78, 5) is 22.6. The van der Waals surface area contributed by atoms with Crippen LogP contribution in [0.2, 0.25) is 0 Å². The Hall–Kier alpha value is -1.10. The van der Waals surface area contributed by atoms with Gasteiger partial charge in [0.05, 0.1) is 11.5 Å². The van der Waals surface area contributed by atoms with Gasteiger partial charge in [0.2, 0.25) is 5.91 Å². The van der Waals surface area contributed by atoms with Crippen molar-refractivity contribution < 1.29 is 19.4 Å². The highest BCUT2D eigenvalue weighted by molar-refractivity contribution is 5.77. The van der Waals surface area contributed by atoms with Gasteiger partial charge in [0.1, 0.15) is 6.61 Å². The number of rotatable bonds is 7. The molecule has 0 saturated heterocycles. The first-order valence-corrected chi connectivity index (χ1v) is 7.44. The molecule has 1 fully saturated rings. The fourth-order valence-corrected chi connectivity index (χ4v) is 2.38. The Labute approximate surface area is 121 Å². The number of nitrogens with one attached hydrogen (secondary N) is 1. The van der Waals surface area contributed by atoms with Crippen LogP contribution in [0.5, 0.6) is 0 Å². The van der Waals surface area contributed by atoms with Crippen molar-refractivity contribution in [2.75, 3.05) is 13.2 Å². The highest BCUT2D eigenvalue weighted by Crippen LogP contribution is 2.26. The predicted octanol–water partition coefficient (Wildman–Crippen LogP) is 2.20. The standard InChI is InChI=1S/C15H27NO4/c1-11-6-4-5-7-12(11)20-10-13(17)16-9-8-15(2,3)14(18)19/h11-12H,4-10H2,1-3H3,(H,16,17)(H,18,19). The Bertz CT molecular complexity index is 341. The van der Waals surface area contributed by atoms with Gasteiger partial charge in [-0.05, 0) is 39.0 Å². The van der Waals surface area contributed by atoms with Gasteiger partial charge in [-0.3, -0.25) is 9.59 Å². The van der Waals surface area contributed by atoms with E-state index < -0.39 is 11.4 Å². The van der Waals surface area contributed by atoms with Gasteiger partial charge in [-0.2, -0.15) is 0 Å². The first kappa shape index (κ1) is 17.0. The lowest BCUT2D eigenvalue weighted by atomic mass is 9.88. The number of carboxylic acid groups (broad SMARTS) is 1. The van der Waals surface area contributed by atoms with Crippen molar-refractivity contribution in [1.29, 1.82) is 0 Å². The lowest BCUT2D eigenvalue weighted by Crippen LogP contribution is -2.36. The van der Waals surface area contributed by atoms with Gasteiger partial charge in [0.25, 0.3) is 0 Å². The summed E-state index contributed by atoms with van der Waals surface area (Å²) in [6.07, 6.45) is 5.21. The number of amides is 1. The van der Waals surface area contributed by atoms with Gasteiger partial charge < -0.3 is 15.2 Å². The van der Waals surface area contributed by atoms with Crippen molar-refractivity contribution in [3.05, 3.63) is 0 Å². The minimum absolute atomic E-state index is 0.0719. The molecule has 116 valence electrons. The van der Waals surface area contributed by atoms with Gasteiger partial charge in [0, 0.05) is 6.54 Å². The molecule has 1 aliphatic carbocycles. The number of aliphatic carboxylic acids is 1. The van der Waals surface area contributed by atoms with Crippen LogP contribution in [0.25, 0.3) is 0 Å². The molecule has 0 spiro atoms. The van der Waals surface area contributed by atoms with Crippen LogP contribution in [0, 0.1) is 11.3 Å². The fourth-order valence-electron chi connectivity index (χ4n) is 2.38.